The second-order valence-corrected chi connectivity index (χ2v) is 6.85. The van der Waals surface area contributed by atoms with E-state index in [1.807, 2.05) is 26.0 Å². The van der Waals surface area contributed by atoms with Crippen molar-refractivity contribution in [2.24, 2.45) is 0 Å². The maximum Gasteiger partial charge on any atom is 0.355 e. The zero-order chi connectivity index (χ0) is 20.3. The second-order valence-electron chi connectivity index (χ2n) is 6.85. The second kappa shape index (κ2) is 8.08. The summed E-state index contributed by atoms with van der Waals surface area (Å²) in [6.07, 6.45) is 0. The Kier molecular flexibility index (Phi) is 5.59. The third kappa shape index (κ3) is 4.28. The van der Waals surface area contributed by atoms with Crippen LogP contribution in [0.5, 0.6) is 0 Å². The van der Waals surface area contributed by atoms with Crippen LogP contribution in [0.4, 0.5) is 0 Å². The van der Waals surface area contributed by atoms with Gasteiger partial charge in [0.25, 0.3) is 5.91 Å². The average molecular weight is 378 g/mol. The van der Waals surface area contributed by atoms with Gasteiger partial charge in [-0.15, -0.1) is 0 Å². The molecule has 1 aromatic heterocycles. The van der Waals surface area contributed by atoms with Gasteiger partial charge in [-0.25, -0.2) is 4.79 Å². The highest BCUT2D eigenvalue weighted by atomic mass is 16.5. The van der Waals surface area contributed by atoms with Gasteiger partial charge in [-0.05, 0) is 37.1 Å². The molecule has 0 spiro atoms. The molecule has 144 valence electrons. The molecule has 0 bridgehead atoms. The lowest BCUT2D eigenvalue weighted by atomic mass is 10.1. The van der Waals surface area contributed by atoms with E-state index >= 15 is 0 Å². The van der Waals surface area contributed by atoms with Crippen LogP contribution in [-0.2, 0) is 16.1 Å². The topological polar surface area (TPSA) is 79.5 Å². The number of aromatic nitrogens is 1. The molecule has 0 unspecified atom stereocenters. The first-order valence-electron chi connectivity index (χ1n) is 8.94. The Labute approximate surface area is 162 Å². The summed E-state index contributed by atoms with van der Waals surface area (Å²) >= 11 is 0. The molecule has 0 aliphatic rings. The van der Waals surface area contributed by atoms with E-state index in [1.54, 1.807) is 31.3 Å². The number of H-pyrrole nitrogens is 1. The van der Waals surface area contributed by atoms with Crippen molar-refractivity contribution in [2.75, 3.05) is 13.7 Å². The zero-order valence-corrected chi connectivity index (χ0v) is 16.1. The van der Waals surface area contributed by atoms with E-state index in [-0.39, 0.29) is 17.0 Å². The smallest absolute Gasteiger partial charge is 0.355 e. The van der Waals surface area contributed by atoms with Gasteiger partial charge in [0.15, 0.2) is 12.0 Å². The number of aromatic amines is 1. The van der Waals surface area contributed by atoms with Crippen molar-refractivity contribution in [3.8, 4) is 0 Å². The van der Waals surface area contributed by atoms with Crippen LogP contribution in [0.3, 0.4) is 0 Å². The highest BCUT2D eigenvalue weighted by Crippen LogP contribution is 2.13. The van der Waals surface area contributed by atoms with Gasteiger partial charge in [-0.1, -0.05) is 35.9 Å². The summed E-state index contributed by atoms with van der Waals surface area (Å²) in [7, 11) is 1.66. The van der Waals surface area contributed by atoms with Crippen LogP contribution in [0, 0.1) is 13.8 Å². The van der Waals surface area contributed by atoms with Crippen LogP contribution >= 0.6 is 0 Å². The van der Waals surface area contributed by atoms with E-state index in [0.29, 0.717) is 17.4 Å². The van der Waals surface area contributed by atoms with Crippen molar-refractivity contribution < 1.29 is 14.3 Å². The number of hydrogen-bond donors (Lipinski definition) is 1. The zero-order valence-electron chi connectivity index (χ0n) is 16.1. The number of ether oxygens (including phenoxy) is 1. The highest BCUT2D eigenvalue weighted by molar-refractivity contribution is 5.92. The number of likely N-dealkylation sites (N-methyl/N-ethyl adjacent to an activating group) is 1. The Morgan fingerprint density at radius 3 is 2.57 bits per heavy atom. The van der Waals surface area contributed by atoms with Crippen molar-refractivity contribution in [2.45, 2.75) is 20.4 Å². The fourth-order valence-electron chi connectivity index (χ4n) is 2.99. The molecule has 1 heterocycles. The fourth-order valence-corrected chi connectivity index (χ4v) is 2.99. The molecular weight excluding hydrogens is 356 g/mol. The molecule has 6 nitrogen and oxygen atoms in total. The third-order valence-corrected chi connectivity index (χ3v) is 4.62. The molecular formula is C22H22N2O4. The van der Waals surface area contributed by atoms with Crippen LogP contribution < -0.4 is 5.43 Å². The Bertz CT molecular complexity index is 1100. The number of pyridine rings is 1. The maximum absolute atomic E-state index is 12.3. The van der Waals surface area contributed by atoms with E-state index in [2.05, 4.69) is 11.1 Å². The van der Waals surface area contributed by atoms with Gasteiger partial charge in [-0.3, -0.25) is 9.59 Å². The molecule has 1 amide bonds. The first-order chi connectivity index (χ1) is 13.3. The molecule has 3 rings (SSSR count). The minimum absolute atomic E-state index is 0.0218. The lowest BCUT2D eigenvalue weighted by Gasteiger charge is -2.18. The maximum atomic E-state index is 12.3. The normalized spacial score (nSPS) is 10.7. The number of esters is 1. The number of amides is 1. The van der Waals surface area contributed by atoms with Gasteiger partial charge in [0.05, 0.1) is 0 Å². The summed E-state index contributed by atoms with van der Waals surface area (Å²) in [5.74, 6) is -1.06. The Balaban J connectivity index is 1.63. The summed E-state index contributed by atoms with van der Waals surface area (Å²) in [6, 6.07) is 14.1. The van der Waals surface area contributed by atoms with Crippen LogP contribution in [0.15, 0.2) is 53.3 Å². The van der Waals surface area contributed by atoms with Gasteiger partial charge in [0.2, 0.25) is 0 Å². The SMILES string of the molecule is Cc1ccc(CN(C)C(=O)COC(=O)c2cc(=O)c3ccccc3[nH]2)c(C)c1. The molecule has 2 aromatic carbocycles. The lowest BCUT2D eigenvalue weighted by Crippen LogP contribution is -2.31. The van der Waals surface area contributed by atoms with Crippen molar-refractivity contribution >= 4 is 22.8 Å². The minimum Gasteiger partial charge on any atom is -0.451 e. The molecule has 0 aliphatic heterocycles. The molecule has 28 heavy (non-hydrogen) atoms. The number of fused-ring (bicyclic) bond motifs is 1. The summed E-state index contributed by atoms with van der Waals surface area (Å²) in [4.78, 5) is 41.1. The van der Waals surface area contributed by atoms with Crippen LogP contribution in [-0.4, -0.2) is 35.4 Å². The van der Waals surface area contributed by atoms with E-state index in [1.165, 1.54) is 11.0 Å². The van der Waals surface area contributed by atoms with Crippen molar-refractivity contribution in [1.82, 2.24) is 9.88 Å². The Hall–Kier alpha value is -3.41. The van der Waals surface area contributed by atoms with E-state index in [9.17, 15) is 14.4 Å². The Morgan fingerprint density at radius 2 is 1.82 bits per heavy atom. The summed E-state index contributed by atoms with van der Waals surface area (Å²) in [5, 5.41) is 0.489. The largest absolute Gasteiger partial charge is 0.451 e. The molecule has 3 aromatic rings. The fraction of sp³-hybridized carbons (Fsp3) is 0.227. The van der Waals surface area contributed by atoms with E-state index < -0.39 is 12.6 Å². The average Bonchev–Trinajstić information content (AvgIpc) is 2.67. The van der Waals surface area contributed by atoms with Gasteiger partial charge >= 0.3 is 5.97 Å². The van der Waals surface area contributed by atoms with Gasteiger partial charge in [0.1, 0.15) is 5.69 Å². The van der Waals surface area contributed by atoms with Crippen LogP contribution in [0.1, 0.15) is 27.2 Å². The number of para-hydroxylation sites is 1. The number of hydrogen-bond acceptors (Lipinski definition) is 4. The van der Waals surface area contributed by atoms with Gasteiger partial charge in [0, 0.05) is 30.6 Å². The highest BCUT2D eigenvalue weighted by Gasteiger charge is 2.16. The predicted molar refractivity (Wildman–Crippen MR) is 107 cm³/mol. The molecule has 0 saturated carbocycles. The number of rotatable bonds is 5. The number of aryl methyl sites for hydroxylation is 2. The molecule has 0 atom stereocenters. The number of carbonyl (C=O) groups excluding carboxylic acids is 2. The molecule has 6 heteroatoms. The van der Waals surface area contributed by atoms with Gasteiger partial charge < -0.3 is 14.6 Å². The molecule has 0 radical (unpaired) electrons. The summed E-state index contributed by atoms with van der Waals surface area (Å²) in [5.41, 5.74) is 3.58. The van der Waals surface area contributed by atoms with Gasteiger partial charge in [-0.2, -0.15) is 0 Å². The van der Waals surface area contributed by atoms with E-state index in [4.69, 9.17) is 4.74 Å². The van der Waals surface area contributed by atoms with Crippen molar-refractivity contribution in [1.29, 1.82) is 0 Å². The minimum atomic E-state index is -0.740. The number of carbonyl (C=O) groups is 2. The number of benzene rings is 2. The first kappa shape index (κ1) is 19.4. The summed E-state index contributed by atoms with van der Waals surface area (Å²) in [6.45, 7) is 4.05. The summed E-state index contributed by atoms with van der Waals surface area (Å²) < 4.78 is 5.10. The third-order valence-electron chi connectivity index (χ3n) is 4.62. The van der Waals surface area contributed by atoms with Crippen molar-refractivity contribution in [3.05, 3.63) is 81.1 Å². The predicted octanol–water partition coefficient (Wildman–Crippen LogP) is 2.96. The standard InChI is InChI=1S/C22H22N2O4/c1-14-8-9-16(15(2)10-14)12-24(3)21(26)13-28-22(27)19-11-20(25)17-6-4-5-7-18(17)23-19/h4-11H,12-13H2,1-3H3,(H,23,25). The van der Waals surface area contributed by atoms with Crippen LogP contribution in [0.2, 0.25) is 0 Å². The molecule has 0 aliphatic carbocycles. The molecule has 0 saturated heterocycles. The van der Waals surface area contributed by atoms with E-state index in [0.717, 1.165) is 16.7 Å². The van der Waals surface area contributed by atoms with Crippen molar-refractivity contribution in [3.63, 3.8) is 0 Å². The number of nitrogens with zero attached hydrogens (tertiary/aromatic N) is 1. The number of nitrogens with one attached hydrogen (secondary N) is 1. The molecule has 0 fully saturated rings. The first-order valence-corrected chi connectivity index (χ1v) is 8.94. The van der Waals surface area contributed by atoms with Crippen LogP contribution in [0.25, 0.3) is 10.9 Å². The lowest BCUT2D eigenvalue weighted by molar-refractivity contribution is -0.133. The monoisotopic (exact) mass is 378 g/mol. The molecule has 1 N–H and O–H groups in total. The quantitative estimate of drug-likeness (QED) is 0.692. The Morgan fingerprint density at radius 1 is 1.07 bits per heavy atom.